The van der Waals surface area contributed by atoms with Gasteiger partial charge in [0.1, 0.15) is 5.75 Å². The highest BCUT2D eigenvalue weighted by atomic mass is 19.3. The maximum atomic E-state index is 13.0. The molecular formula is C23H29F2N3O2. The maximum Gasteiger partial charge on any atom is 0.387 e. The molecule has 1 N–H and O–H groups in total. The van der Waals surface area contributed by atoms with Gasteiger partial charge >= 0.3 is 12.6 Å². The number of ether oxygens (including phenoxy) is 1. The lowest BCUT2D eigenvalue weighted by atomic mass is 10.1. The average Bonchev–Trinajstić information content (AvgIpc) is 3.21. The molecule has 0 saturated carbocycles. The Labute approximate surface area is 176 Å². The number of carbonyl (C=O) groups excluding carboxylic acids is 1. The number of nitrogens with zero attached hydrogens (tertiary/aromatic N) is 2. The van der Waals surface area contributed by atoms with Crippen LogP contribution in [0.4, 0.5) is 19.3 Å². The molecule has 0 radical (unpaired) electrons. The van der Waals surface area contributed by atoms with Crippen molar-refractivity contribution in [2.75, 3.05) is 25.0 Å². The Hall–Kier alpha value is -2.67. The summed E-state index contributed by atoms with van der Waals surface area (Å²) >= 11 is 0. The van der Waals surface area contributed by atoms with Gasteiger partial charge in [0.05, 0.1) is 0 Å². The van der Waals surface area contributed by atoms with Crippen LogP contribution in [0.3, 0.4) is 0 Å². The Morgan fingerprint density at radius 1 is 1.23 bits per heavy atom. The molecule has 2 aromatic carbocycles. The molecule has 2 atom stereocenters. The Morgan fingerprint density at radius 3 is 2.63 bits per heavy atom. The summed E-state index contributed by atoms with van der Waals surface area (Å²) in [6, 6.07) is 15.2. The first-order valence-corrected chi connectivity index (χ1v) is 10.3. The van der Waals surface area contributed by atoms with Gasteiger partial charge in [0.25, 0.3) is 0 Å². The van der Waals surface area contributed by atoms with Gasteiger partial charge in [-0.15, -0.1) is 0 Å². The first-order chi connectivity index (χ1) is 14.4. The van der Waals surface area contributed by atoms with Crippen LogP contribution in [0, 0.1) is 6.92 Å². The summed E-state index contributed by atoms with van der Waals surface area (Å²) in [6.45, 7) is 5.17. The van der Waals surface area contributed by atoms with Gasteiger partial charge in [0.15, 0.2) is 0 Å². The molecule has 0 spiro atoms. The van der Waals surface area contributed by atoms with E-state index in [0.717, 1.165) is 19.5 Å². The van der Waals surface area contributed by atoms with Crippen molar-refractivity contribution in [3.05, 3.63) is 59.7 Å². The smallest absolute Gasteiger partial charge is 0.387 e. The van der Waals surface area contributed by atoms with E-state index in [0.29, 0.717) is 17.8 Å². The van der Waals surface area contributed by atoms with Gasteiger partial charge in [0.2, 0.25) is 0 Å². The van der Waals surface area contributed by atoms with Gasteiger partial charge in [-0.05, 0) is 44.9 Å². The van der Waals surface area contributed by atoms with E-state index in [4.69, 9.17) is 0 Å². The maximum absolute atomic E-state index is 13.0. The highest BCUT2D eigenvalue weighted by Gasteiger charge is 2.32. The molecule has 0 unspecified atom stereocenters. The third-order valence-electron chi connectivity index (χ3n) is 5.81. The number of benzene rings is 2. The fourth-order valence-corrected chi connectivity index (χ4v) is 4.04. The predicted molar refractivity (Wildman–Crippen MR) is 114 cm³/mol. The van der Waals surface area contributed by atoms with E-state index >= 15 is 0 Å². The quantitative estimate of drug-likeness (QED) is 0.666. The number of anilines is 1. The van der Waals surface area contributed by atoms with Crippen molar-refractivity contribution in [3.8, 4) is 5.75 Å². The third-order valence-corrected chi connectivity index (χ3v) is 5.81. The number of hydrogen-bond donors (Lipinski definition) is 1. The summed E-state index contributed by atoms with van der Waals surface area (Å²) in [7, 11) is 0. The van der Waals surface area contributed by atoms with Crippen molar-refractivity contribution >= 4 is 11.7 Å². The number of alkyl halides is 2. The molecule has 1 aliphatic rings. The molecule has 2 aromatic rings. The fourth-order valence-electron chi connectivity index (χ4n) is 4.04. The number of carbonyl (C=O) groups is 1. The number of amides is 2. The second-order valence-electron chi connectivity index (χ2n) is 7.55. The molecule has 2 amide bonds. The molecule has 1 fully saturated rings. The number of likely N-dealkylation sites (tertiary alicyclic amines) is 1. The van der Waals surface area contributed by atoms with Crippen LogP contribution in [0.25, 0.3) is 0 Å². The lowest BCUT2D eigenvalue weighted by Gasteiger charge is -2.30. The van der Waals surface area contributed by atoms with Crippen molar-refractivity contribution in [1.82, 2.24) is 9.80 Å². The largest absolute Gasteiger partial charge is 0.434 e. The van der Waals surface area contributed by atoms with Crippen LogP contribution in [0.2, 0.25) is 0 Å². The van der Waals surface area contributed by atoms with Crippen molar-refractivity contribution in [2.24, 2.45) is 0 Å². The van der Waals surface area contributed by atoms with Crippen LogP contribution in [-0.2, 0) is 0 Å². The molecule has 0 aromatic heterocycles. The number of likely N-dealkylation sites (N-methyl/N-ethyl adjacent to an activating group) is 1. The number of hydrogen-bond acceptors (Lipinski definition) is 3. The van der Waals surface area contributed by atoms with Crippen molar-refractivity contribution in [1.29, 1.82) is 0 Å². The number of halogens is 2. The Bertz CT molecular complexity index is 848. The van der Waals surface area contributed by atoms with E-state index in [-0.39, 0.29) is 23.9 Å². The Balaban J connectivity index is 1.66. The molecule has 30 heavy (non-hydrogen) atoms. The van der Waals surface area contributed by atoms with Crippen LogP contribution in [0.15, 0.2) is 48.5 Å². The number of nitrogens with one attached hydrogen (secondary N) is 1. The first-order valence-electron chi connectivity index (χ1n) is 10.3. The molecule has 0 bridgehead atoms. The topological polar surface area (TPSA) is 44.8 Å². The van der Waals surface area contributed by atoms with E-state index in [1.165, 1.54) is 11.6 Å². The molecule has 1 heterocycles. The third kappa shape index (κ3) is 5.08. The zero-order chi connectivity index (χ0) is 21.7. The lowest BCUT2D eigenvalue weighted by Crippen LogP contribution is -2.44. The molecule has 0 aliphatic carbocycles. The molecule has 7 heteroatoms. The molecule has 162 valence electrons. The van der Waals surface area contributed by atoms with Crippen molar-refractivity contribution < 1.29 is 18.3 Å². The average molecular weight is 418 g/mol. The molecule has 1 aliphatic heterocycles. The Morgan fingerprint density at radius 2 is 1.97 bits per heavy atom. The second-order valence-corrected chi connectivity index (χ2v) is 7.55. The highest BCUT2D eigenvalue weighted by molar-refractivity contribution is 5.90. The summed E-state index contributed by atoms with van der Waals surface area (Å²) in [5.41, 5.74) is 2.22. The minimum Gasteiger partial charge on any atom is -0.434 e. The van der Waals surface area contributed by atoms with E-state index in [1.54, 1.807) is 19.1 Å². The summed E-state index contributed by atoms with van der Waals surface area (Å²) in [4.78, 5) is 17.2. The zero-order valence-corrected chi connectivity index (χ0v) is 17.6. The monoisotopic (exact) mass is 417 g/mol. The minimum atomic E-state index is -2.90. The lowest BCUT2D eigenvalue weighted by molar-refractivity contribution is -0.0502. The van der Waals surface area contributed by atoms with E-state index in [9.17, 15) is 13.6 Å². The minimum absolute atomic E-state index is 0.0644. The second kappa shape index (κ2) is 9.89. The summed E-state index contributed by atoms with van der Waals surface area (Å²) in [5.74, 6) is 0.0644. The van der Waals surface area contributed by atoms with Gasteiger partial charge in [-0.2, -0.15) is 8.78 Å². The highest BCUT2D eigenvalue weighted by Crippen LogP contribution is 2.29. The van der Waals surface area contributed by atoms with Crippen LogP contribution < -0.4 is 10.1 Å². The predicted octanol–water partition coefficient (Wildman–Crippen LogP) is 5.29. The molecule has 5 nitrogen and oxygen atoms in total. The van der Waals surface area contributed by atoms with E-state index < -0.39 is 6.61 Å². The summed E-state index contributed by atoms with van der Waals surface area (Å²) < 4.78 is 29.7. The molecule has 3 rings (SSSR count). The van der Waals surface area contributed by atoms with Crippen LogP contribution >= 0.6 is 0 Å². The molecule has 1 saturated heterocycles. The first kappa shape index (κ1) is 22.0. The van der Waals surface area contributed by atoms with Crippen LogP contribution in [0.5, 0.6) is 5.75 Å². The van der Waals surface area contributed by atoms with Crippen LogP contribution in [0.1, 0.15) is 37.4 Å². The van der Waals surface area contributed by atoms with Gasteiger partial charge in [-0.3, -0.25) is 4.90 Å². The van der Waals surface area contributed by atoms with Gasteiger partial charge in [0, 0.05) is 43.0 Å². The number of urea groups is 1. The summed E-state index contributed by atoms with van der Waals surface area (Å²) in [5, 5.41) is 2.87. The fraction of sp³-hybridized carbons (Fsp3) is 0.435. The SMILES string of the molecule is CCN(C(=O)Nc1cccc(OC(F)F)c1C)[C@H]1CCN([C@H](C)c2ccccc2)C1. The Kier molecular flexibility index (Phi) is 7.26. The zero-order valence-electron chi connectivity index (χ0n) is 17.6. The standard InChI is InChI=1S/C23H29F2N3O2/c1-4-28(19-13-14-27(15-19)17(3)18-9-6-5-7-10-18)23(29)26-20-11-8-12-21(16(20)2)30-22(24)25/h5-12,17,19,22H,4,13-15H2,1-3H3,(H,26,29)/t17-,19+/m1/s1. The summed E-state index contributed by atoms with van der Waals surface area (Å²) in [6.07, 6.45) is 0.895. The van der Waals surface area contributed by atoms with Gasteiger partial charge in [-0.1, -0.05) is 36.4 Å². The van der Waals surface area contributed by atoms with Gasteiger partial charge < -0.3 is 15.0 Å². The van der Waals surface area contributed by atoms with E-state index in [2.05, 4.69) is 34.0 Å². The van der Waals surface area contributed by atoms with Crippen molar-refractivity contribution in [3.63, 3.8) is 0 Å². The van der Waals surface area contributed by atoms with Gasteiger partial charge in [-0.25, -0.2) is 4.79 Å². The van der Waals surface area contributed by atoms with Crippen LogP contribution in [-0.4, -0.2) is 48.1 Å². The normalized spacial score (nSPS) is 17.7. The molecular weight excluding hydrogens is 388 g/mol. The number of rotatable bonds is 7. The van der Waals surface area contributed by atoms with E-state index in [1.807, 2.05) is 30.0 Å². The van der Waals surface area contributed by atoms with Crippen molar-refractivity contribution in [2.45, 2.75) is 45.9 Å².